The van der Waals surface area contributed by atoms with E-state index in [-0.39, 0.29) is 23.3 Å². The summed E-state index contributed by atoms with van der Waals surface area (Å²) in [6.07, 6.45) is 2.98. The number of methoxy groups -OCH3 is 1. The fourth-order valence-corrected chi connectivity index (χ4v) is 2.89. The van der Waals surface area contributed by atoms with E-state index in [4.69, 9.17) is 4.74 Å². The Hall–Kier alpha value is -1.10. The Labute approximate surface area is 108 Å². The van der Waals surface area contributed by atoms with Crippen molar-refractivity contribution in [1.82, 2.24) is 10.2 Å². The van der Waals surface area contributed by atoms with Crippen LogP contribution in [0.3, 0.4) is 0 Å². The van der Waals surface area contributed by atoms with Crippen LogP contribution in [0.15, 0.2) is 0 Å². The van der Waals surface area contributed by atoms with E-state index in [1.54, 1.807) is 7.05 Å². The van der Waals surface area contributed by atoms with Crippen LogP contribution >= 0.6 is 0 Å². The smallest absolute Gasteiger partial charge is 0.323 e. The van der Waals surface area contributed by atoms with Crippen molar-refractivity contribution in [3.63, 3.8) is 0 Å². The van der Waals surface area contributed by atoms with Gasteiger partial charge < -0.3 is 10.1 Å². The number of likely N-dealkylation sites (tertiary alicyclic amines) is 1. The lowest BCUT2D eigenvalue weighted by Gasteiger charge is -2.27. The highest BCUT2D eigenvalue weighted by molar-refractivity contribution is 5.83. The Morgan fingerprint density at radius 3 is 2.61 bits per heavy atom. The number of amides is 1. The van der Waals surface area contributed by atoms with Crippen LogP contribution in [0.1, 0.15) is 26.2 Å². The number of nitrogens with zero attached hydrogens (tertiary/aromatic N) is 1. The molecule has 1 N–H and O–H groups in total. The summed E-state index contributed by atoms with van der Waals surface area (Å²) in [5, 5.41) is 2.71. The molecule has 1 aliphatic heterocycles. The standard InChI is InChI=1S/C13H22N2O3/c1-13(12(17)14-2)6-7-15(8-13)10(9-4-5-9)11(16)18-3/h9-10H,4-8H2,1-3H3,(H,14,17). The lowest BCUT2D eigenvalue weighted by molar-refractivity contribution is -0.148. The summed E-state index contributed by atoms with van der Waals surface area (Å²) in [6.45, 7) is 3.40. The van der Waals surface area contributed by atoms with E-state index in [1.165, 1.54) is 7.11 Å². The zero-order chi connectivity index (χ0) is 13.3. The third kappa shape index (κ3) is 2.36. The first kappa shape index (κ1) is 13.3. The van der Waals surface area contributed by atoms with Gasteiger partial charge in [0.15, 0.2) is 0 Å². The molecule has 2 rings (SSSR count). The van der Waals surface area contributed by atoms with Gasteiger partial charge in [0.2, 0.25) is 5.91 Å². The molecule has 0 bridgehead atoms. The number of carbonyl (C=O) groups is 2. The molecule has 1 saturated heterocycles. The second kappa shape index (κ2) is 4.88. The van der Waals surface area contributed by atoms with Crippen LogP contribution in [-0.4, -0.2) is 50.1 Å². The number of hydrogen-bond donors (Lipinski definition) is 1. The quantitative estimate of drug-likeness (QED) is 0.738. The highest BCUT2D eigenvalue weighted by Gasteiger charge is 2.48. The maximum absolute atomic E-state index is 11.9. The first-order chi connectivity index (χ1) is 8.51. The highest BCUT2D eigenvalue weighted by Crippen LogP contribution is 2.40. The minimum absolute atomic E-state index is 0.0596. The van der Waals surface area contributed by atoms with Crippen LogP contribution in [-0.2, 0) is 14.3 Å². The van der Waals surface area contributed by atoms with Crippen molar-refractivity contribution in [1.29, 1.82) is 0 Å². The van der Waals surface area contributed by atoms with E-state index in [2.05, 4.69) is 10.2 Å². The molecule has 2 unspecified atom stereocenters. The molecule has 0 spiro atoms. The van der Waals surface area contributed by atoms with Gasteiger partial charge in [-0.25, -0.2) is 0 Å². The van der Waals surface area contributed by atoms with Gasteiger partial charge in [0.25, 0.3) is 0 Å². The predicted molar refractivity (Wildman–Crippen MR) is 66.9 cm³/mol. The molecular formula is C13H22N2O3. The summed E-state index contributed by atoms with van der Waals surface area (Å²) in [5.41, 5.74) is -0.379. The summed E-state index contributed by atoms with van der Waals surface area (Å²) in [6, 6.07) is -0.151. The van der Waals surface area contributed by atoms with Crippen molar-refractivity contribution in [2.24, 2.45) is 11.3 Å². The van der Waals surface area contributed by atoms with E-state index < -0.39 is 0 Å². The average Bonchev–Trinajstić information content (AvgIpc) is 3.12. The number of rotatable bonds is 4. The van der Waals surface area contributed by atoms with Crippen molar-refractivity contribution < 1.29 is 14.3 Å². The van der Waals surface area contributed by atoms with Gasteiger partial charge in [-0.3, -0.25) is 14.5 Å². The van der Waals surface area contributed by atoms with Gasteiger partial charge in [0.1, 0.15) is 6.04 Å². The Bertz CT molecular complexity index is 354. The number of carbonyl (C=O) groups excluding carboxylic acids is 2. The highest BCUT2D eigenvalue weighted by atomic mass is 16.5. The number of ether oxygens (including phenoxy) is 1. The minimum atomic E-state index is -0.379. The average molecular weight is 254 g/mol. The van der Waals surface area contributed by atoms with Crippen LogP contribution < -0.4 is 5.32 Å². The molecule has 1 amide bonds. The summed E-state index contributed by atoms with van der Waals surface area (Å²) in [7, 11) is 3.10. The molecule has 2 fully saturated rings. The Morgan fingerprint density at radius 2 is 2.11 bits per heavy atom. The first-order valence-electron chi connectivity index (χ1n) is 6.56. The SMILES string of the molecule is CNC(=O)C1(C)CCN(C(C(=O)OC)C2CC2)C1. The Kier molecular flexibility index (Phi) is 3.61. The largest absolute Gasteiger partial charge is 0.468 e. The van der Waals surface area contributed by atoms with Crippen LogP contribution in [0.25, 0.3) is 0 Å². The molecule has 102 valence electrons. The topological polar surface area (TPSA) is 58.6 Å². The van der Waals surface area contributed by atoms with E-state index in [1.807, 2.05) is 6.92 Å². The van der Waals surface area contributed by atoms with E-state index in [0.29, 0.717) is 12.5 Å². The van der Waals surface area contributed by atoms with Gasteiger partial charge >= 0.3 is 5.97 Å². The van der Waals surface area contributed by atoms with E-state index in [0.717, 1.165) is 25.8 Å². The van der Waals surface area contributed by atoms with Crippen molar-refractivity contribution in [3.8, 4) is 0 Å². The number of esters is 1. The zero-order valence-electron chi connectivity index (χ0n) is 11.4. The van der Waals surface area contributed by atoms with Crippen molar-refractivity contribution in [2.45, 2.75) is 32.2 Å². The number of nitrogens with one attached hydrogen (secondary N) is 1. The van der Waals surface area contributed by atoms with Gasteiger partial charge in [-0.2, -0.15) is 0 Å². The van der Waals surface area contributed by atoms with E-state index in [9.17, 15) is 9.59 Å². The second-order valence-electron chi connectivity index (χ2n) is 5.67. The van der Waals surface area contributed by atoms with Crippen LogP contribution in [0.2, 0.25) is 0 Å². The molecular weight excluding hydrogens is 232 g/mol. The molecule has 0 aromatic heterocycles. The molecule has 0 radical (unpaired) electrons. The van der Waals surface area contributed by atoms with Gasteiger partial charge in [-0.15, -0.1) is 0 Å². The van der Waals surface area contributed by atoms with Crippen molar-refractivity contribution >= 4 is 11.9 Å². The molecule has 0 aromatic carbocycles. The minimum Gasteiger partial charge on any atom is -0.468 e. The monoisotopic (exact) mass is 254 g/mol. The fourth-order valence-electron chi connectivity index (χ4n) is 2.89. The van der Waals surface area contributed by atoms with Gasteiger partial charge in [0, 0.05) is 20.1 Å². The summed E-state index contributed by atoms with van der Waals surface area (Å²) in [4.78, 5) is 25.9. The maximum atomic E-state index is 11.9. The number of hydrogen-bond acceptors (Lipinski definition) is 4. The van der Waals surface area contributed by atoms with E-state index >= 15 is 0 Å². The molecule has 0 aromatic rings. The van der Waals surface area contributed by atoms with Gasteiger partial charge in [0.05, 0.1) is 12.5 Å². The third-order valence-electron chi connectivity index (χ3n) is 4.18. The molecule has 2 atom stereocenters. The second-order valence-corrected chi connectivity index (χ2v) is 5.67. The van der Waals surface area contributed by atoms with Crippen molar-refractivity contribution in [2.75, 3.05) is 27.2 Å². The normalized spacial score (nSPS) is 29.9. The molecule has 18 heavy (non-hydrogen) atoms. The first-order valence-corrected chi connectivity index (χ1v) is 6.56. The van der Waals surface area contributed by atoms with Gasteiger partial charge in [-0.1, -0.05) is 0 Å². The fraction of sp³-hybridized carbons (Fsp3) is 0.846. The Balaban J connectivity index is 2.06. The van der Waals surface area contributed by atoms with Crippen molar-refractivity contribution in [3.05, 3.63) is 0 Å². The summed E-state index contributed by atoms with van der Waals surface area (Å²) < 4.78 is 4.90. The summed E-state index contributed by atoms with van der Waals surface area (Å²) in [5.74, 6) is 0.326. The van der Waals surface area contributed by atoms with Gasteiger partial charge in [-0.05, 0) is 32.1 Å². The maximum Gasteiger partial charge on any atom is 0.323 e. The lowest BCUT2D eigenvalue weighted by Crippen LogP contribution is -2.45. The molecule has 1 aliphatic carbocycles. The van der Waals surface area contributed by atoms with Crippen LogP contribution in [0.4, 0.5) is 0 Å². The predicted octanol–water partition coefficient (Wildman–Crippen LogP) is 0.396. The summed E-state index contributed by atoms with van der Waals surface area (Å²) >= 11 is 0. The third-order valence-corrected chi connectivity index (χ3v) is 4.18. The lowest BCUT2D eigenvalue weighted by atomic mass is 9.89. The molecule has 2 aliphatic rings. The zero-order valence-corrected chi connectivity index (χ0v) is 11.4. The van der Waals surface area contributed by atoms with Crippen LogP contribution in [0.5, 0.6) is 0 Å². The molecule has 5 nitrogen and oxygen atoms in total. The molecule has 5 heteroatoms. The molecule has 1 heterocycles. The Morgan fingerprint density at radius 1 is 1.44 bits per heavy atom. The molecule has 1 saturated carbocycles. The van der Waals surface area contributed by atoms with Crippen LogP contribution in [0, 0.1) is 11.3 Å².